The van der Waals surface area contributed by atoms with E-state index in [-0.39, 0.29) is 321 Å². The largest absolute Gasteiger partial charge is 1.00 e. The van der Waals surface area contributed by atoms with Crippen molar-refractivity contribution in [2.75, 3.05) is 0 Å². The van der Waals surface area contributed by atoms with E-state index in [0.29, 0.717) is 0 Å². The first-order valence-corrected chi connectivity index (χ1v) is 0. The van der Waals surface area contributed by atoms with Gasteiger partial charge in [-0.2, -0.15) is 0 Å². The van der Waals surface area contributed by atoms with Crippen LogP contribution in [0.1, 0.15) is 14.3 Å². The minimum absolute atomic E-state index is 0. The first-order valence-electron chi connectivity index (χ1n) is 0. The normalized spacial score (nSPS) is 0. The summed E-state index contributed by atoms with van der Waals surface area (Å²) < 4.78 is 0. The average molecular weight is 276 g/mol. The van der Waals surface area contributed by atoms with Crippen molar-refractivity contribution in [3.63, 3.8) is 0 Å². The van der Waals surface area contributed by atoms with Crippen LogP contribution in [-0.4, -0.2) is 11.0 Å². The van der Waals surface area contributed by atoms with Gasteiger partial charge in [0, 0.05) is 0 Å². The van der Waals surface area contributed by atoms with Gasteiger partial charge < -0.3 is 25.2 Å². The molecule has 0 spiro atoms. The molecule has 0 bridgehead atoms. The van der Waals surface area contributed by atoms with Gasteiger partial charge in [0.05, 0.1) is 0 Å². The Balaban J connectivity index is 0. The minimum Gasteiger partial charge on any atom is -1.00 e. The maximum Gasteiger partial charge on any atom is 1.00 e. The molecule has 0 radical (unpaired) electrons. The molecule has 0 aromatic carbocycles. The summed E-state index contributed by atoms with van der Waals surface area (Å²) >= 11 is 0. The van der Waals surface area contributed by atoms with Gasteiger partial charge in [0.25, 0.3) is 0 Å². The summed E-state index contributed by atoms with van der Waals surface area (Å²) in [7, 11) is 0. The molecule has 0 fully saturated rings. The Kier molecular flexibility index (Phi) is 685. The van der Waals surface area contributed by atoms with Crippen LogP contribution < -0.4 is 296 Å². The summed E-state index contributed by atoms with van der Waals surface area (Å²) in [6, 6.07) is 0. The van der Waals surface area contributed by atoms with Gasteiger partial charge in [-0.15, -0.1) is 0 Å². The van der Waals surface area contributed by atoms with Crippen LogP contribution in [0.5, 0.6) is 0 Å². The molecular weight excluding hydrogens is 262 g/mol. The van der Waals surface area contributed by atoms with Gasteiger partial charge in [-0.3, -0.25) is 0 Å². The van der Waals surface area contributed by atoms with Gasteiger partial charge in [-0.1, -0.05) is 0 Å². The average Bonchev–Trinajstić information content (AvgIpc) is 0. The van der Waals surface area contributed by atoms with Crippen molar-refractivity contribution in [3.05, 3.63) is 0 Å². The Morgan fingerprint density at radius 2 is 0.250 bits per heavy atom. The second-order valence-electron chi connectivity index (χ2n) is 0. The Morgan fingerprint density at radius 3 is 0.250 bits per heavy atom. The van der Waals surface area contributed by atoms with Crippen molar-refractivity contribution in [2.24, 2.45) is 0 Å². The van der Waals surface area contributed by atoms with E-state index in [0.717, 1.165) is 0 Å². The zero-order valence-electron chi connectivity index (χ0n) is 21.0. The Labute approximate surface area is 311 Å². The van der Waals surface area contributed by atoms with E-state index in [9.17, 15) is 0 Å². The Hall–Kier alpha value is 9.92. The zero-order chi connectivity index (χ0) is 0. The molecule has 12 heteroatoms. The van der Waals surface area contributed by atoms with E-state index in [4.69, 9.17) is 0 Å². The summed E-state index contributed by atoms with van der Waals surface area (Å²) in [6.07, 6.45) is 0. The molecule has 0 saturated heterocycles. The molecule has 0 rings (SSSR count). The van der Waals surface area contributed by atoms with E-state index < -0.39 is 0 Å². The summed E-state index contributed by atoms with van der Waals surface area (Å²) in [5, 5.41) is 0. The summed E-state index contributed by atoms with van der Waals surface area (Å²) in [4.78, 5) is 0. The molecule has 0 aliphatic rings. The Bertz CT molecular complexity index is 29.7. The van der Waals surface area contributed by atoms with Crippen LogP contribution in [0.3, 0.4) is 0 Å². The number of rotatable bonds is 0. The molecule has 0 aromatic heterocycles. The molecule has 4 N–H and O–H groups in total. The van der Waals surface area contributed by atoms with Gasteiger partial charge in [0.1, 0.15) is 0 Å². The summed E-state index contributed by atoms with van der Waals surface area (Å²) in [5.74, 6) is 0. The van der Waals surface area contributed by atoms with E-state index in [1.165, 1.54) is 0 Å². The molecule has 0 heterocycles. The van der Waals surface area contributed by atoms with Gasteiger partial charge in [0.2, 0.25) is 0 Å². The Morgan fingerprint density at radius 1 is 0.250 bits per heavy atom. The van der Waals surface area contributed by atoms with E-state index in [1.54, 1.807) is 0 Å². The molecule has 0 aromatic rings. The van der Waals surface area contributed by atoms with E-state index in [2.05, 4.69) is 0 Å². The molecular formula is H14Na10O2. The predicted molar refractivity (Wildman–Crippen MR) is 18.3 cm³/mol. The van der Waals surface area contributed by atoms with Crippen molar-refractivity contribution in [1.29, 1.82) is 0 Å². The monoisotopic (exact) mass is 276 g/mol. The number of hydrogen-bond acceptors (Lipinski definition) is 0. The van der Waals surface area contributed by atoms with Crippen LogP contribution in [0, 0.1) is 0 Å². The third kappa shape index (κ3) is 72.5. The van der Waals surface area contributed by atoms with Crippen molar-refractivity contribution in [2.45, 2.75) is 0 Å². The molecule has 0 aliphatic carbocycles. The predicted octanol–water partition coefficient (Wildman–Crippen LogP) is -30.5. The molecule has 12 heavy (non-hydrogen) atoms. The van der Waals surface area contributed by atoms with Crippen molar-refractivity contribution in [1.82, 2.24) is 0 Å². The van der Waals surface area contributed by atoms with Gasteiger partial charge in [-0.05, 0) is 0 Å². The van der Waals surface area contributed by atoms with Crippen LogP contribution in [0.4, 0.5) is 0 Å². The van der Waals surface area contributed by atoms with Gasteiger partial charge in [0.15, 0.2) is 0 Å². The topological polar surface area (TPSA) is 63.0 Å². The van der Waals surface area contributed by atoms with Crippen LogP contribution >= 0.6 is 0 Å². The van der Waals surface area contributed by atoms with E-state index >= 15 is 0 Å². The molecule has 36 valence electrons. The van der Waals surface area contributed by atoms with Crippen LogP contribution in [0.2, 0.25) is 0 Å². The third-order valence-corrected chi connectivity index (χ3v) is 0. The molecule has 0 unspecified atom stereocenters. The standard InChI is InChI=1S/10Na.2H2O.10H/h;;;;;;;;;;2*1H2;;;;;;;;;;/q10*+1;;;10*-1. The van der Waals surface area contributed by atoms with E-state index in [1.807, 2.05) is 0 Å². The fourth-order valence-electron chi connectivity index (χ4n) is 0. The SMILES string of the molecule is O.O.[H-].[H-].[H-].[H-].[H-].[H-].[H-].[H-].[H-].[H-].[Na+].[Na+].[Na+].[Na+].[Na+].[Na+].[Na+].[Na+].[Na+].[Na+]. The zero-order valence-corrected chi connectivity index (χ0v) is 31.0. The molecule has 0 amide bonds. The maximum atomic E-state index is 0. The first kappa shape index (κ1) is 97.5. The minimum atomic E-state index is 0. The summed E-state index contributed by atoms with van der Waals surface area (Å²) in [5.41, 5.74) is 0. The van der Waals surface area contributed by atoms with Crippen LogP contribution in [0.25, 0.3) is 0 Å². The second-order valence-corrected chi connectivity index (χ2v) is 0. The number of hydrogen-bond donors (Lipinski definition) is 0. The molecule has 0 saturated carbocycles. The van der Waals surface area contributed by atoms with Gasteiger partial charge >= 0.3 is 296 Å². The summed E-state index contributed by atoms with van der Waals surface area (Å²) in [6.45, 7) is 0. The smallest absolute Gasteiger partial charge is 1.00 e. The van der Waals surface area contributed by atoms with Gasteiger partial charge in [-0.25, -0.2) is 0 Å². The molecule has 2 nitrogen and oxygen atoms in total. The van der Waals surface area contributed by atoms with Crippen LogP contribution in [0.15, 0.2) is 0 Å². The quantitative estimate of drug-likeness (QED) is 0.394. The first-order chi connectivity index (χ1) is 0. The maximum absolute atomic E-state index is 0. The molecule has 0 atom stereocenters. The fraction of sp³-hybridized carbons (Fsp3) is 0. The van der Waals surface area contributed by atoms with Crippen molar-refractivity contribution >= 4 is 0 Å². The fourth-order valence-corrected chi connectivity index (χ4v) is 0. The van der Waals surface area contributed by atoms with Crippen LogP contribution in [-0.2, 0) is 0 Å². The third-order valence-electron chi connectivity index (χ3n) is 0. The molecule has 0 aliphatic heterocycles. The van der Waals surface area contributed by atoms with Crippen molar-refractivity contribution in [3.8, 4) is 0 Å². The second kappa shape index (κ2) is 84.4. The van der Waals surface area contributed by atoms with Crippen molar-refractivity contribution < 1.29 is 321 Å².